The first kappa shape index (κ1) is 13.3. The summed E-state index contributed by atoms with van der Waals surface area (Å²) in [7, 11) is 0.823. The van der Waals surface area contributed by atoms with Crippen molar-refractivity contribution in [1.82, 2.24) is 0 Å². The molecule has 0 radical (unpaired) electrons. The zero-order valence-corrected chi connectivity index (χ0v) is 7.71. The van der Waals surface area contributed by atoms with E-state index in [0.29, 0.717) is 0 Å². The van der Waals surface area contributed by atoms with Crippen LogP contribution in [0.2, 0.25) is 0 Å². The number of aliphatic hydroxyl groups excluding tert-OH is 1. The van der Waals surface area contributed by atoms with Crippen molar-refractivity contribution in [3.05, 3.63) is 0 Å². The molecule has 4 N–H and O–H groups in total. The molecule has 15 heavy (non-hydrogen) atoms. The maximum absolute atomic E-state index is 11.0. The highest BCUT2D eigenvalue weighted by atomic mass is 16.5. The van der Waals surface area contributed by atoms with Gasteiger partial charge in [-0.05, 0) is 0 Å². The van der Waals surface area contributed by atoms with E-state index in [1.165, 1.54) is 0 Å². The maximum atomic E-state index is 11.0. The van der Waals surface area contributed by atoms with E-state index in [1.54, 1.807) is 0 Å². The molecular weight excluding hydrogens is 212 g/mol. The van der Waals surface area contributed by atoms with Crippen LogP contribution in [0.15, 0.2) is 0 Å². The first-order valence-electron chi connectivity index (χ1n) is 3.69. The molecule has 0 aromatic rings. The minimum atomic E-state index is -2.99. The van der Waals surface area contributed by atoms with Gasteiger partial charge in [-0.15, -0.1) is 0 Å². The highest BCUT2D eigenvalue weighted by Crippen LogP contribution is 2.18. The van der Waals surface area contributed by atoms with Gasteiger partial charge in [0.15, 0.2) is 6.10 Å². The number of aliphatic hydroxyl groups is 2. The molecule has 0 spiro atoms. The molecule has 0 aliphatic carbocycles. The summed E-state index contributed by atoms with van der Waals surface area (Å²) >= 11 is 0. The third-order valence-corrected chi connectivity index (χ3v) is 1.65. The Morgan fingerprint density at radius 2 is 1.80 bits per heavy atom. The van der Waals surface area contributed by atoms with Gasteiger partial charge in [0, 0.05) is 0 Å². The van der Waals surface area contributed by atoms with Crippen molar-refractivity contribution in [2.24, 2.45) is 0 Å². The summed E-state index contributed by atoms with van der Waals surface area (Å²) in [6.45, 7) is 0. The molecule has 0 aliphatic heterocycles. The quantitative estimate of drug-likeness (QED) is 0.384. The summed E-state index contributed by atoms with van der Waals surface area (Å²) < 4.78 is 4.01. The van der Waals surface area contributed by atoms with Gasteiger partial charge in [0.1, 0.15) is 0 Å². The number of carbonyl (C=O) groups is 3. The molecule has 0 aliphatic rings. The first-order valence-corrected chi connectivity index (χ1v) is 3.69. The number of hydrogen-bond acceptors (Lipinski definition) is 6. The maximum Gasteiger partial charge on any atom is 0.341 e. The van der Waals surface area contributed by atoms with Gasteiger partial charge < -0.3 is 25.2 Å². The molecule has 0 rings (SSSR count). The van der Waals surface area contributed by atoms with Crippen LogP contribution in [0.3, 0.4) is 0 Å². The van der Waals surface area contributed by atoms with Crippen molar-refractivity contribution < 1.29 is 39.5 Å². The molecule has 0 fully saturated rings. The molecule has 0 aromatic heterocycles. The number of esters is 1. The summed E-state index contributed by atoms with van der Waals surface area (Å²) in [5.74, 6) is -5.10. The molecular formula is C7H10O8. The van der Waals surface area contributed by atoms with Crippen molar-refractivity contribution in [1.29, 1.82) is 0 Å². The summed E-state index contributed by atoms with van der Waals surface area (Å²) in [6.07, 6.45) is -3.84. The third kappa shape index (κ3) is 2.89. The predicted octanol–water partition coefficient (Wildman–Crippen LogP) is -2.19. The van der Waals surface area contributed by atoms with Gasteiger partial charge in [0.25, 0.3) is 0 Å². The van der Waals surface area contributed by atoms with E-state index >= 15 is 0 Å². The fourth-order valence-electron chi connectivity index (χ4n) is 0.892. The zero-order chi connectivity index (χ0) is 12.2. The Balaban J connectivity index is 5.09. The minimum Gasteiger partial charge on any atom is -0.481 e. The van der Waals surface area contributed by atoms with Gasteiger partial charge in [0.2, 0.25) is 5.60 Å². The lowest BCUT2D eigenvalue weighted by molar-refractivity contribution is -0.189. The normalized spacial score (nSPS) is 16.2. The minimum absolute atomic E-state index is 0.823. The Morgan fingerprint density at radius 3 is 2.07 bits per heavy atom. The average molecular weight is 222 g/mol. The van der Waals surface area contributed by atoms with E-state index in [-0.39, 0.29) is 0 Å². The number of ether oxygens (including phenoxy) is 1. The number of aliphatic carboxylic acids is 2. The number of carboxylic acid groups (broad SMARTS) is 2. The highest BCUT2D eigenvalue weighted by Gasteiger charge is 2.50. The smallest absolute Gasteiger partial charge is 0.341 e. The van der Waals surface area contributed by atoms with Crippen LogP contribution in [0.4, 0.5) is 0 Å². The summed E-state index contributed by atoms with van der Waals surface area (Å²) in [5, 5.41) is 35.1. The third-order valence-electron chi connectivity index (χ3n) is 1.65. The van der Waals surface area contributed by atoms with Crippen LogP contribution in [0.1, 0.15) is 6.42 Å². The lowest BCUT2D eigenvalue weighted by atomic mass is 9.93. The van der Waals surface area contributed by atoms with Crippen molar-refractivity contribution in [3.8, 4) is 0 Å². The Labute approximate surface area is 83.7 Å². The summed E-state index contributed by atoms with van der Waals surface area (Å²) in [6, 6.07) is 0. The number of carbonyl (C=O) groups excluding carboxylic acids is 1. The van der Waals surface area contributed by atoms with Gasteiger partial charge in [-0.25, -0.2) is 9.59 Å². The first-order chi connectivity index (χ1) is 6.75. The Hall–Kier alpha value is -1.67. The highest BCUT2D eigenvalue weighted by molar-refractivity contribution is 5.91. The van der Waals surface area contributed by atoms with Crippen LogP contribution < -0.4 is 0 Å². The molecule has 0 saturated carbocycles. The standard InChI is InChI=1S/C7H10O8/c1-15-6(13)7(14,2-3(8)9)4(10)5(11)12/h4,10,14H,2H2,1H3,(H,8,9)(H,11,12). The molecule has 0 bridgehead atoms. The predicted molar refractivity (Wildman–Crippen MR) is 42.9 cm³/mol. The van der Waals surface area contributed by atoms with E-state index in [0.717, 1.165) is 7.11 Å². The molecule has 86 valence electrons. The number of methoxy groups -OCH3 is 1. The average Bonchev–Trinajstić information content (AvgIpc) is 2.13. The van der Waals surface area contributed by atoms with Crippen LogP contribution >= 0.6 is 0 Å². The largest absolute Gasteiger partial charge is 0.481 e. The van der Waals surface area contributed by atoms with Gasteiger partial charge in [-0.2, -0.15) is 0 Å². The van der Waals surface area contributed by atoms with E-state index in [4.69, 9.17) is 15.3 Å². The van der Waals surface area contributed by atoms with Gasteiger partial charge in [-0.3, -0.25) is 4.79 Å². The van der Waals surface area contributed by atoms with E-state index in [9.17, 15) is 19.5 Å². The van der Waals surface area contributed by atoms with E-state index < -0.39 is 36.0 Å². The lowest BCUT2D eigenvalue weighted by Gasteiger charge is -2.25. The Kier molecular flexibility index (Phi) is 4.19. The Morgan fingerprint density at radius 1 is 1.33 bits per heavy atom. The fourth-order valence-corrected chi connectivity index (χ4v) is 0.892. The van der Waals surface area contributed by atoms with Crippen LogP contribution in [0.5, 0.6) is 0 Å². The number of rotatable bonds is 5. The van der Waals surface area contributed by atoms with Crippen LogP contribution in [-0.2, 0) is 19.1 Å². The Bertz CT molecular complexity index is 285. The molecule has 8 heteroatoms. The monoisotopic (exact) mass is 222 g/mol. The molecule has 2 atom stereocenters. The van der Waals surface area contributed by atoms with Crippen molar-refractivity contribution >= 4 is 17.9 Å². The van der Waals surface area contributed by atoms with Gasteiger partial charge in [0.05, 0.1) is 13.5 Å². The second kappa shape index (κ2) is 4.71. The van der Waals surface area contributed by atoms with Crippen LogP contribution in [0.25, 0.3) is 0 Å². The summed E-state index contributed by atoms with van der Waals surface area (Å²) in [4.78, 5) is 31.6. The lowest BCUT2D eigenvalue weighted by Crippen LogP contribution is -2.55. The van der Waals surface area contributed by atoms with E-state index in [2.05, 4.69) is 4.74 Å². The fraction of sp³-hybridized carbons (Fsp3) is 0.571. The van der Waals surface area contributed by atoms with Crippen molar-refractivity contribution in [2.45, 2.75) is 18.1 Å². The second-order valence-electron chi connectivity index (χ2n) is 2.73. The summed E-state index contributed by atoms with van der Waals surface area (Å²) in [5.41, 5.74) is -2.99. The molecule has 0 aromatic carbocycles. The number of carboxylic acids is 2. The number of hydrogen-bond donors (Lipinski definition) is 4. The van der Waals surface area contributed by atoms with Gasteiger partial charge >= 0.3 is 17.9 Å². The second-order valence-corrected chi connectivity index (χ2v) is 2.73. The molecule has 0 heterocycles. The molecule has 0 amide bonds. The van der Waals surface area contributed by atoms with Crippen LogP contribution in [0, 0.1) is 0 Å². The zero-order valence-electron chi connectivity index (χ0n) is 7.71. The van der Waals surface area contributed by atoms with Crippen molar-refractivity contribution in [2.75, 3.05) is 7.11 Å². The van der Waals surface area contributed by atoms with Crippen LogP contribution in [-0.4, -0.2) is 57.1 Å². The van der Waals surface area contributed by atoms with E-state index in [1.807, 2.05) is 0 Å². The molecule has 0 saturated heterocycles. The van der Waals surface area contributed by atoms with Crippen molar-refractivity contribution in [3.63, 3.8) is 0 Å². The SMILES string of the molecule is COC(=O)C(O)(CC(=O)O)C(O)C(=O)O. The van der Waals surface area contributed by atoms with Gasteiger partial charge in [-0.1, -0.05) is 0 Å². The topological polar surface area (TPSA) is 141 Å². The molecule has 8 nitrogen and oxygen atoms in total. The molecule has 2 unspecified atom stereocenters.